The lowest BCUT2D eigenvalue weighted by Crippen LogP contribution is -2.24. The van der Waals surface area contributed by atoms with E-state index in [1.54, 1.807) is 13.3 Å². The first-order valence-corrected chi connectivity index (χ1v) is 6.33. The summed E-state index contributed by atoms with van der Waals surface area (Å²) in [6, 6.07) is 5.84. The third-order valence-corrected chi connectivity index (χ3v) is 3.56. The van der Waals surface area contributed by atoms with Gasteiger partial charge in [-0.05, 0) is 42.4 Å². The van der Waals surface area contributed by atoms with Crippen molar-refractivity contribution in [3.05, 3.63) is 29.6 Å². The quantitative estimate of drug-likeness (QED) is 0.796. The molecule has 4 heteroatoms. The van der Waals surface area contributed by atoms with Gasteiger partial charge in [0.15, 0.2) is 0 Å². The van der Waals surface area contributed by atoms with Gasteiger partial charge in [-0.25, -0.2) is 4.98 Å². The van der Waals surface area contributed by atoms with E-state index in [0.29, 0.717) is 11.1 Å². The van der Waals surface area contributed by atoms with Crippen LogP contribution in [0.5, 0.6) is 0 Å². The average molecular weight is 245 g/mol. The maximum Gasteiger partial charge on any atom is 0.140 e. The normalized spacial score (nSPS) is 16.2. The van der Waals surface area contributed by atoms with Gasteiger partial charge in [-0.3, -0.25) is 0 Å². The molecule has 2 rings (SSSR count). The van der Waals surface area contributed by atoms with Crippen LogP contribution in [0.3, 0.4) is 0 Å². The summed E-state index contributed by atoms with van der Waals surface area (Å²) in [4.78, 5) is 3.96. The molecule has 0 atom stereocenters. The zero-order valence-corrected chi connectivity index (χ0v) is 10.8. The lowest BCUT2D eigenvalue weighted by Gasteiger charge is -2.15. The minimum absolute atomic E-state index is 0.459. The van der Waals surface area contributed by atoms with Crippen molar-refractivity contribution in [2.75, 3.05) is 20.3 Å². The molecule has 1 aromatic heterocycles. The molecule has 1 aliphatic carbocycles. The number of hydrogen-bond donors (Lipinski definition) is 1. The fourth-order valence-corrected chi connectivity index (χ4v) is 2.13. The molecule has 1 N–H and O–H groups in total. The highest BCUT2D eigenvalue weighted by Gasteiger charge is 2.41. The number of rotatable bonds is 7. The highest BCUT2D eigenvalue weighted by atomic mass is 16.5. The van der Waals surface area contributed by atoms with Crippen molar-refractivity contribution < 1.29 is 4.74 Å². The molecule has 96 valence electrons. The SMILES string of the molecule is COCCC1(CNCc2ccnc(C#N)c2)CC1. The van der Waals surface area contributed by atoms with Crippen molar-refractivity contribution in [3.8, 4) is 6.07 Å². The monoisotopic (exact) mass is 245 g/mol. The molecule has 1 heterocycles. The lowest BCUT2D eigenvalue weighted by molar-refractivity contribution is 0.171. The van der Waals surface area contributed by atoms with E-state index in [9.17, 15) is 0 Å². The zero-order valence-electron chi connectivity index (χ0n) is 10.8. The molecule has 0 radical (unpaired) electrons. The third kappa shape index (κ3) is 3.52. The fourth-order valence-electron chi connectivity index (χ4n) is 2.13. The van der Waals surface area contributed by atoms with Crippen molar-refractivity contribution in [1.29, 1.82) is 5.26 Å². The number of nitrogens with zero attached hydrogens (tertiary/aromatic N) is 2. The predicted octanol–water partition coefficient (Wildman–Crippen LogP) is 1.86. The summed E-state index contributed by atoms with van der Waals surface area (Å²) in [5, 5.41) is 12.2. The van der Waals surface area contributed by atoms with Crippen molar-refractivity contribution in [1.82, 2.24) is 10.3 Å². The fraction of sp³-hybridized carbons (Fsp3) is 0.571. The Morgan fingerprint density at radius 3 is 3.06 bits per heavy atom. The van der Waals surface area contributed by atoms with Gasteiger partial charge in [0, 0.05) is 33.0 Å². The second-order valence-corrected chi connectivity index (χ2v) is 5.01. The number of pyridine rings is 1. The number of ether oxygens (including phenoxy) is 1. The molecular formula is C14H19N3O. The first-order chi connectivity index (χ1) is 8.78. The van der Waals surface area contributed by atoms with Gasteiger partial charge in [0.1, 0.15) is 11.8 Å². The van der Waals surface area contributed by atoms with Gasteiger partial charge in [-0.15, -0.1) is 0 Å². The molecule has 0 saturated heterocycles. The maximum absolute atomic E-state index is 8.78. The van der Waals surface area contributed by atoms with Gasteiger partial charge < -0.3 is 10.1 Å². The van der Waals surface area contributed by atoms with Crippen LogP contribution in [0.25, 0.3) is 0 Å². The first kappa shape index (κ1) is 13.0. The molecule has 0 amide bonds. The summed E-state index contributed by atoms with van der Waals surface area (Å²) in [5.41, 5.74) is 2.06. The second kappa shape index (κ2) is 5.94. The molecule has 1 aliphatic rings. The van der Waals surface area contributed by atoms with E-state index in [1.807, 2.05) is 12.1 Å². The Labute approximate surface area is 108 Å². The average Bonchev–Trinajstić information content (AvgIpc) is 3.17. The Balaban J connectivity index is 1.77. The Bertz CT molecular complexity index is 435. The van der Waals surface area contributed by atoms with Gasteiger partial charge in [0.25, 0.3) is 0 Å². The minimum atomic E-state index is 0.459. The molecular weight excluding hydrogens is 226 g/mol. The summed E-state index contributed by atoms with van der Waals surface area (Å²) in [6.45, 7) is 2.67. The standard InChI is InChI=1S/C14H19N3O/c1-18-7-5-14(3-4-14)11-16-10-12-2-6-17-13(8-12)9-15/h2,6,8,16H,3-5,7,10-11H2,1H3. The van der Waals surface area contributed by atoms with Gasteiger partial charge in [0.05, 0.1) is 0 Å². The molecule has 1 fully saturated rings. The molecule has 0 aliphatic heterocycles. The van der Waals surface area contributed by atoms with Gasteiger partial charge in [-0.2, -0.15) is 5.26 Å². The highest BCUT2D eigenvalue weighted by Crippen LogP contribution is 2.48. The Morgan fingerprint density at radius 1 is 1.56 bits per heavy atom. The molecule has 0 unspecified atom stereocenters. The summed E-state index contributed by atoms with van der Waals surface area (Å²) in [5.74, 6) is 0. The number of nitriles is 1. The van der Waals surface area contributed by atoms with Crippen molar-refractivity contribution in [2.24, 2.45) is 5.41 Å². The molecule has 0 bridgehead atoms. The van der Waals surface area contributed by atoms with E-state index in [0.717, 1.165) is 31.7 Å². The van der Waals surface area contributed by atoms with Crippen LogP contribution in [-0.2, 0) is 11.3 Å². The van der Waals surface area contributed by atoms with Gasteiger partial charge in [0.2, 0.25) is 0 Å². The van der Waals surface area contributed by atoms with Crippen molar-refractivity contribution >= 4 is 0 Å². The van der Waals surface area contributed by atoms with E-state index in [4.69, 9.17) is 10.00 Å². The van der Waals surface area contributed by atoms with E-state index in [-0.39, 0.29) is 0 Å². The van der Waals surface area contributed by atoms with Crippen LogP contribution in [0.15, 0.2) is 18.3 Å². The molecule has 0 aromatic carbocycles. The number of aromatic nitrogens is 1. The maximum atomic E-state index is 8.78. The van der Waals surface area contributed by atoms with E-state index in [2.05, 4.69) is 16.4 Å². The first-order valence-electron chi connectivity index (χ1n) is 6.33. The van der Waals surface area contributed by atoms with Gasteiger partial charge in [-0.1, -0.05) is 0 Å². The largest absolute Gasteiger partial charge is 0.385 e. The van der Waals surface area contributed by atoms with Crippen molar-refractivity contribution in [3.63, 3.8) is 0 Å². The topological polar surface area (TPSA) is 57.9 Å². The van der Waals surface area contributed by atoms with Crippen LogP contribution in [0.4, 0.5) is 0 Å². The van der Waals surface area contributed by atoms with E-state index in [1.165, 1.54) is 12.8 Å². The Hall–Kier alpha value is -1.44. The predicted molar refractivity (Wildman–Crippen MR) is 68.8 cm³/mol. The molecule has 4 nitrogen and oxygen atoms in total. The molecule has 0 spiro atoms. The Kier molecular flexibility index (Phi) is 4.29. The molecule has 18 heavy (non-hydrogen) atoms. The molecule has 1 saturated carbocycles. The number of hydrogen-bond acceptors (Lipinski definition) is 4. The smallest absolute Gasteiger partial charge is 0.140 e. The van der Waals surface area contributed by atoms with Crippen LogP contribution in [0.1, 0.15) is 30.5 Å². The van der Waals surface area contributed by atoms with E-state index < -0.39 is 0 Å². The van der Waals surface area contributed by atoms with Crippen LogP contribution < -0.4 is 5.32 Å². The lowest BCUT2D eigenvalue weighted by atomic mass is 10.0. The zero-order chi connectivity index (χ0) is 12.8. The Morgan fingerprint density at radius 2 is 2.39 bits per heavy atom. The number of methoxy groups -OCH3 is 1. The highest BCUT2D eigenvalue weighted by molar-refractivity contribution is 5.25. The van der Waals surface area contributed by atoms with Gasteiger partial charge >= 0.3 is 0 Å². The van der Waals surface area contributed by atoms with Crippen LogP contribution in [0, 0.1) is 16.7 Å². The van der Waals surface area contributed by atoms with E-state index >= 15 is 0 Å². The van der Waals surface area contributed by atoms with Crippen LogP contribution in [-0.4, -0.2) is 25.2 Å². The van der Waals surface area contributed by atoms with Crippen molar-refractivity contribution in [2.45, 2.75) is 25.8 Å². The summed E-state index contributed by atoms with van der Waals surface area (Å²) in [6.07, 6.45) is 5.41. The molecule has 1 aromatic rings. The summed E-state index contributed by atoms with van der Waals surface area (Å²) in [7, 11) is 1.75. The van der Waals surface area contributed by atoms with Crippen LogP contribution in [0.2, 0.25) is 0 Å². The van der Waals surface area contributed by atoms with Crippen LogP contribution >= 0.6 is 0 Å². The minimum Gasteiger partial charge on any atom is -0.385 e. The number of nitrogens with one attached hydrogen (secondary N) is 1. The summed E-state index contributed by atoms with van der Waals surface area (Å²) >= 11 is 0. The summed E-state index contributed by atoms with van der Waals surface area (Å²) < 4.78 is 5.14. The second-order valence-electron chi connectivity index (χ2n) is 5.01. The third-order valence-electron chi connectivity index (χ3n) is 3.56.